The van der Waals surface area contributed by atoms with Gasteiger partial charge in [0.15, 0.2) is 0 Å². The minimum atomic E-state index is 1.13. The zero-order valence-corrected chi connectivity index (χ0v) is 17.2. The normalized spacial score (nSPS) is 12.7. The highest BCUT2D eigenvalue weighted by Gasteiger charge is 2.21. The number of benzene rings is 3. The van der Waals surface area contributed by atoms with E-state index in [4.69, 9.17) is 0 Å². The van der Waals surface area contributed by atoms with E-state index in [2.05, 4.69) is 86.7 Å². The summed E-state index contributed by atoms with van der Waals surface area (Å²) in [5.74, 6) is 0. The van der Waals surface area contributed by atoms with Crippen molar-refractivity contribution in [3.05, 3.63) is 89.0 Å². The molecule has 28 heavy (non-hydrogen) atoms. The molecule has 0 atom stereocenters. The van der Waals surface area contributed by atoms with E-state index in [0.717, 1.165) is 12.8 Å². The van der Waals surface area contributed by atoms with Crippen molar-refractivity contribution in [2.45, 2.75) is 52.4 Å². The number of hydrogen-bond donors (Lipinski definition) is 0. The summed E-state index contributed by atoms with van der Waals surface area (Å²) in [5.41, 5.74) is 11.5. The minimum absolute atomic E-state index is 1.13. The molecule has 0 heterocycles. The van der Waals surface area contributed by atoms with Crippen molar-refractivity contribution in [1.29, 1.82) is 0 Å². The fraction of sp³-hybridized carbons (Fsp3) is 0.286. The molecule has 0 saturated carbocycles. The lowest BCUT2D eigenvalue weighted by Gasteiger charge is -2.18. The molecule has 3 aromatic carbocycles. The molecule has 0 saturated heterocycles. The van der Waals surface area contributed by atoms with E-state index >= 15 is 0 Å². The minimum Gasteiger partial charge on any atom is -0.0654 e. The van der Waals surface area contributed by atoms with Crippen molar-refractivity contribution in [3.63, 3.8) is 0 Å². The second-order valence-electron chi connectivity index (χ2n) is 7.92. The molecule has 0 heteroatoms. The zero-order valence-electron chi connectivity index (χ0n) is 17.2. The summed E-state index contributed by atoms with van der Waals surface area (Å²) in [4.78, 5) is 0. The Morgan fingerprint density at radius 1 is 0.714 bits per heavy atom. The smallest absolute Gasteiger partial charge is 0.00576 e. The van der Waals surface area contributed by atoms with E-state index in [1.165, 1.54) is 64.6 Å². The third kappa shape index (κ3) is 3.69. The summed E-state index contributed by atoms with van der Waals surface area (Å²) in [6, 6.07) is 24.5. The molecule has 0 bridgehead atoms. The second-order valence-corrected chi connectivity index (χ2v) is 7.92. The van der Waals surface area contributed by atoms with Gasteiger partial charge >= 0.3 is 0 Å². The van der Waals surface area contributed by atoms with Crippen LogP contribution in [0.4, 0.5) is 0 Å². The summed E-state index contributed by atoms with van der Waals surface area (Å²) in [5, 5.41) is 0. The molecule has 0 nitrogen and oxygen atoms in total. The second kappa shape index (κ2) is 8.61. The molecule has 4 rings (SSSR count). The monoisotopic (exact) mass is 366 g/mol. The standard InChI is InChI=1S/C28H30/c1-3-5-12-21-19-24-18-17-23(11-4-2)28(27(24)20-21)26-16-10-9-15-25(26)22-13-7-6-8-14-22/h6-10,13-18,20H,3-5,11-12,19H2,1-2H3. The van der Waals surface area contributed by atoms with Gasteiger partial charge in [-0.05, 0) is 64.6 Å². The van der Waals surface area contributed by atoms with E-state index in [-0.39, 0.29) is 0 Å². The Kier molecular flexibility index (Phi) is 5.76. The highest BCUT2D eigenvalue weighted by molar-refractivity contribution is 5.91. The quantitative estimate of drug-likeness (QED) is 0.396. The number of unbranched alkanes of at least 4 members (excludes halogenated alkanes) is 1. The van der Waals surface area contributed by atoms with E-state index in [1.54, 1.807) is 5.57 Å². The van der Waals surface area contributed by atoms with Gasteiger partial charge in [0.2, 0.25) is 0 Å². The van der Waals surface area contributed by atoms with Crippen LogP contribution in [0, 0.1) is 0 Å². The number of fused-ring (bicyclic) bond motifs is 1. The summed E-state index contributed by atoms with van der Waals surface area (Å²) in [7, 11) is 0. The predicted octanol–water partition coefficient (Wildman–Crippen LogP) is 8.10. The van der Waals surface area contributed by atoms with Crippen LogP contribution in [0.1, 0.15) is 56.2 Å². The Morgan fingerprint density at radius 2 is 1.46 bits per heavy atom. The van der Waals surface area contributed by atoms with Crippen molar-refractivity contribution in [2.75, 3.05) is 0 Å². The largest absolute Gasteiger partial charge is 0.0654 e. The van der Waals surface area contributed by atoms with Crippen LogP contribution < -0.4 is 0 Å². The van der Waals surface area contributed by atoms with E-state index in [9.17, 15) is 0 Å². The van der Waals surface area contributed by atoms with E-state index < -0.39 is 0 Å². The van der Waals surface area contributed by atoms with E-state index in [0.29, 0.717) is 0 Å². The van der Waals surface area contributed by atoms with Gasteiger partial charge in [-0.15, -0.1) is 0 Å². The van der Waals surface area contributed by atoms with Crippen LogP contribution in [0.5, 0.6) is 0 Å². The first-order chi connectivity index (χ1) is 13.8. The summed E-state index contributed by atoms with van der Waals surface area (Å²) in [6.45, 7) is 4.56. The first-order valence-electron chi connectivity index (χ1n) is 10.8. The molecule has 0 N–H and O–H groups in total. The van der Waals surface area contributed by atoms with Crippen molar-refractivity contribution >= 4 is 6.08 Å². The van der Waals surface area contributed by atoms with Crippen LogP contribution in [-0.4, -0.2) is 0 Å². The maximum absolute atomic E-state index is 2.50. The Morgan fingerprint density at radius 3 is 2.21 bits per heavy atom. The number of hydrogen-bond acceptors (Lipinski definition) is 0. The van der Waals surface area contributed by atoms with Crippen LogP contribution in [0.2, 0.25) is 0 Å². The van der Waals surface area contributed by atoms with Crippen LogP contribution in [0.3, 0.4) is 0 Å². The van der Waals surface area contributed by atoms with Crippen LogP contribution in [0.25, 0.3) is 28.3 Å². The van der Waals surface area contributed by atoms with Crippen molar-refractivity contribution in [1.82, 2.24) is 0 Å². The predicted molar refractivity (Wildman–Crippen MR) is 123 cm³/mol. The summed E-state index contributed by atoms with van der Waals surface area (Å²) < 4.78 is 0. The molecule has 0 spiro atoms. The molecule has 0 aliphatic heterocycles. The Balaban J connectivity index is 1.89. The number of rotatable bonds is 7. The lowest BCUT2D eigenvalue weighted by Crippen LogP contribution is -1.97. The first-order valence-corrected chi connectivity index (χ1v) is 10.8. The highest BCUT2D eigenvalue weighted by Crippen LogP contribution is 2.42. The Labute approximate surface area is 169 Å². The molecule has 0 aromatic heterocycles. The van der Waals surface area contributed by atoms with Crippen molar-refractivity contribution in [2.24, 2.45) is 0 Å². The van der Waals surface area contributed by atoms with Crippen molar-refractivity contribution in [3.8, 4) is 22.3 Å². The van der Waals surface area contributed by atoms with Gasteiger partial charge in [-0.3, -0.25) is 0 Å². The molecule has 1 aliphatic carbocycles. The van der Waals surface area contributed by atoms with Gasteiger partial charge in [0.05, 0.1) is 0 Å². The summed E-state index contributed by atoms with van der Waals surface area (Å²) in [6.07, 6.45) is 9.71. The lowest BCUT2D eigenvalue weighted by molar-refractivity contribution is 0.779. The molecular formula is C28H30. The third-order valence-electron chi connectivity index (χ3n) is 5.84. The van der Waals surface area contributed by atoms with Crippen molar-refractivity contribution < 1.29 is 0 Å². The van der Waals surface area contributed by atoms with Gasteiger partial charge in [0, 0.05) is 0 Å². The maximum atomic E-state index is 2.50. The molecule has 0 fully saturated rings. The van der Waals surface area contributed by atoms with Crippen LogP contribution in [0.15, 0.2) is 72.3 Å². The highest BCUT2D eigenvalue weighted by atomic mass is 14.2. The SMILES string of the molecule is CCCCC1=Cc2c(ccc(CCC)c2-c2ccccc2-c2ccccc2)C1. The Bertz CT molecular complexity index is 976. The van der Waals surface area contributed by atoms with E-state index in [1.807, 2.05) is 0 Å². The molecule has 0 radical (unpaired) electrons. The fourth-order valence-electron chi connectivity index (χ4n) is 4.46. The average Bonchev–Trinajstić information content (AvgIpc) is 3.16. The van der Waals surface area contributed by atoms with Crippen LogP contribution >= 0.6 is 0 Å². The number of aryl methyl sites for hydroxylation is 1. The number of allylic oxidation sites excluding steroid dienone is 1. The van der Waals surface area contributed by atoms with Gasteiger partial charge in [-0.25, -0.2) is 0 Å². The van der Waals surface area contributed by atoms with Gasteiger partial charge in [0.25, 0.3) is 0 Å². The average molecular weight is 367 g/mol. The Hall–Kier alpha value is -2.60. The topological polar surface area (TPSA) is 0 Å². The maximum Gasteiger partial charge on any atom is -0.00576 e. The summed E-state index contributed by atoms with van der Waals surface area (Å²) >= 11 is 0. The van der Waals surface area contributed by atoms with Crippen LogP contribution in [-0.2, 0) is 12.8 Å². The molecule has 1 aliphatic rings. The van der Waals surface area contributed by atoms with Gasteiger partial charge in [-0.1, -0.05) is 105 Å². The zero-order chi connectivity index (χ0) is 19.3. The third-order valence-corrected chi connectivity index (χ3v) is 5.84. The lowest BCUT2D eigenvalue weighted by atomic mass is 9.86. The fourth-order valence-corrected chi connectivity index (χ4v) is 4.46. The van der Waals surface area contributed by atoms with Gasteiger partial charge in [0.1, 0.15) is 0 Å². The molecule has 142 valence electrons. The molecule has 0 unspecified atom stereocenters. The molecule has 0 amide bonds. The van der Waals surface area contributed by atoms with Gasteiger partial charge in [-0.2, -0.15) is 0 Å². The molecule has 3 aromatic rings. The van der Waals surface area contributed by atoms with Gasteiger partial charge < -0.3 is 0 Å². The molecular weight excluding hydrogens is 336 g/mol. The first kappa shape index (κ1) is 18.7.